The van der Waals surface area contributed by atoms with Gasteiger partial charge in [-0.15, -0.1) is 0 Å². The van der Waals surface area contributed by atoms with Crippen molar-refractivity contribution in [3.05, 3.63) is 59.4 Å². The second-order valence-corrected chi connectivity index (χ2v) is 4.57. The molecule has 18 heavy (non-hydrogen) atoms. The lowest BCUT2D eigenvalue weighted by atomic mass is 9.95. The molecule has 94 valence electrons. The third-order valence-electron chi connectivity index (χ3n) is 3.27. The first-order valence-corrected chi connectivity index (χ1v) is 6.63. The van der Waals surface area contributed by atoms with Gasteiger partial charge in [-0.1, -0.05) is 56.7 Å². The molecule has 0 aromatic heterocycles. The fraction of sp³-hybridized carbons (Fsp3) is 0.294. The van der Waals surface area contributed by atoms with Crippen molar-refractivity contribution in [3.63, 3.8) is 0 Å². The Bertz CT molecular complexity index is 515. The highest BCUT2D eigenvalue weighted by molar-refractivity contribution is 5.65. The van der Waals surface area contributed by atoms with Crippen molar-refractivity contribution in [2.45, 2.75) is 33.1 Å². The Morgan fingerprint density at radius 2 is 1.67 bits per heavy atom. The molecule has 1 heteroatoms. The zero-order valence-electron chi connectivity index (χ0n) is 11.0. The number of rotatable bonds is 4. The Kier molecular flexibility index (Phi) is 4.14. The van der Waals surface area contributed by atoms with E-state index >= 15 is 0 Å². The van der Waals surface area contributed by atoms with Crippen LogP contribution in [0.15, 0.2) is 42.5 Å². The van der Waals surface area contributed by atoms with E-state index in [1.165, 1.54) is 0 Å². The van der Waals surface area contributed by atoms with Gasteiger partial charge in [0.15, 0.2) is 0 Å². The van der Waals surface area contributed by atoms with Gasteiger partial charge in [-0.05, 0) is 41.2 Å². The molecule has 0 aliphatic rings. The van der Waals surface area contributed by atoms with Crippen LogP contribution in [0.4, 0.5) is 4.39 Å². The maximum absolute atomic E-state index is 14.1. The van der Waals surface area contributed by atoms with Gasteiger partial charge < -0.3 is 0 Å². The summed E-state index contributed by atoms with van der Waals surface area (Å²) in [4.78, 5) is 0. The standard InChI is InChI=1S/C17H19F/c1-3-8-14-11-15(12-17(18)16(14)4-2)13-9-6-5-7-10-13/h5-7,9-12H,3-4,8H2,1-2H3. The van der Waals surface area contributed by atoms with E-state index in [0.29, 0.717) is 0 Å². The summed E-state index contributed by atoms with van der Waals surface area (Å²) in [7, 11) is 0. The highest BCUT2D eigenvalue weighted by Crippen LogP contribution is 2.26. The summed E-state index contributed by atoms with van der Waals surface area (Å²) in [6.07, 6.45) is 2.75. The highest BCUT2D eigenvalue weighted by atomic mass is 19.1. The first-order valence-electron chi connectivity index (χ1n) is 6.63. The molecule has 0 amide bonds. The van der Waals surface area contributed by atoms with Crippen LogP contribution < -0.4 is 0 Å². The molecule has 0 unspecified atom stereocenters. The first-order chi connectivity index (χ1) is 8.76. The molecule has 0 fully saturated rings. The molecular weight excluding hydrogens is 223 g/mol. The van der Waals surface area contributed by atoms with Crippen LogP contribution in [0.5, 0.6) is 0 Å². The van der Waals surface area contributed by atoms with Crippen LogP contribution in [0.25, 0.3) is 11.1 Å². The second kappa shape index (κ2) is 5.81. The van der Waals surface area contributed by atoms with Gasteiger partial charge in [-0.3, -0.25) is 0 Å². The summed E-state index contributed by atoms with van der Waals surface area (Å²) in [5, 5.41) is 0. The van der Waals surface area contributed by atoms with Gasteiger partial charge in [0.25, 0.3) is 0 Å². The molecule has 0 aliphatic heterocycles. The lowest BCUT2D eigenvalue weighted by molar-refractivity contribution is 0.608. The number of aryl methyl sites for hydroxylation is 1. The van der Waals surface area contributed by atoms with Crippen molar-refractivity contribution < 1.29 is 4.39 Å². The first kappa shape index (κ1) is 12.8. The summed E-state index contributed by atoms with van der Waals surface area (Å²) in [6, 6.07) is 13.8. The minimum atomic E-state index is -0.0673. The van der Waals surface area contributed by atoms with Gasteiger partial charge in [-0.2, -0.15) is 0 Å². The van der Waals surface area contributed by atoms with Crippen LogP contribution in [0.2, 0.25) is 0 Å². The predicted molar refractivity (Wildman–Crippen MR) is 75.2 cm³/mol. The molecule has 2 aromatic rings. The smallest absolute Gasteiger partial charge is 0.127 e. The summed E-state index contributed by atoms with van der Waals surface area (Å²) >= 11 is 0. The lowest BCUT2D eigenvalue weighted by Crippen LogP contribution is -1.98. The molecule has 0 saturated heterocycles. The summed E-state index contributed by atoms with van der Waals surface area (Å²) < 4.78 is 14.1. The number of halogens is 1. The maximum atomic E-state index is 14.1. The molecule has 0 radical (unpaired) electrons. The molecule has 0 nitrogen and oxygen atoms in total. The largest absolute Gasteiger partial charge is 0.207 e. The Hall–Kier alpha value is -1.63. The molecule has 0 bridgehead atoms. The lowest BCUT2D eigenvalue weighted by Gasteiger charge is -2.11. The predicted octanol–water partition coefficient (Wildman–Crippen LogP) is 5.01. The SMILES string of the molecule is CCCc1cc(-c2ccccc2)cc(F)c1CC. The molecule has 2 aromatic carbocycles. The topological polar surface area (TPSA) is 0 Å². The third kappa shape index (κ3) is 2.61. The number of hydrogen-bond donors (Lipinski definition) is 0. The van der Waals surface area contributed by atoms with E-state index in [-0.39, 0.29) is 5.82 Å². The monoisotopic (exact) mass is 242 g/mol. The maximum Gasteiger partial charge on any atom is 0.127 e. The Balaban J connectivity index is 2.51. The van der Waals surface area contributed by atoms with Gasteiger partial charge in [0.05, 0.1) is 0 Å². The van der Waals surface area contributed by atoms with Crippen LogP contribution >= 0.6 is 0 Å². The average Bonchev–Trinajstić information content (AvgIpc) is 2.40. The fourth-order valence-corrected chi connectivity index (χ4v) is 2.38. The number of hydrogen-bond acceptors (Lipinski definition) is 0. The number of benzene rings is 2. The zero-order valence-corrected chi connectivity index (χ0v) is 11.0. The minimum absolute atomic E-state index is 0.0673. The van der Waals surface area contributed by atoms with Gasteiger partial charge in [0.2, 0.25) is 0 Å². The van der Waals surface area contributed by atoms with E-state index in [4.69, 9.17) is 0 Å². The molecule has 0 aliphatic carbocycles. The van der Waals surface area contributed by atoms with Gasteiger partial charge >= 0.3 is 0 Å². The summed E-state index contributed by atoms with van der Waals surface area (Å²) in [6.45, 7) is 4.15. The van der Waals surface area contributed by atoms with Crippen molar-refractivity contribution in [2.24, 2.45) is 0 Å². The van der Waals surface area contributed by atoms with Gasteiger partial charge in [0.1, 0.15) is 5.82 Å². The normalized spacial score (nSPS) is 10.6. The van der Waals surface area contributed by atoms with Crippen LogP contribution in [0.3, 0.4) is 0 Å². The van der Waals surface area contributed by atoms with E-state index < -0.39 is 0 Å². The summed E-state index contributed by atoms with van der Waals surface area (Å²) in [5.41, 5.74) is 4.08. The Morgan fingerprint density at radius 1 is 0.944 bits per heavy atom. The molecule has 0 saturated carbocycles. The Labute approximate surface area is 108 Å². The molecule has 0 heterocycles. The van der Waals surface area contributed by atoms with Gasteiger partial charge in [-0.25, -0.2) is 4.39 Å². The molecular formula is C17H19F. The molecule has 2 rings (SSSR count). The van der Waals surface area contributed by atoms with Crippen molar-refractivity contribution >= 4 is 0 Å². The van der Waals surface area contributed by atoms with Crippen LogP contribution in [0, 0.1) is 5.82 Å². The van der Waals surface area contributed by atoms with E-state index in [0.717, 1.165) is 41.5 Å². The van der Waals surface area contributed by atoms with Crippen molar-refractivity contribution in [3.8, 4) is 11.1 Å². The van der Waals surface area contributed by atoms with Crippen LogP contribution in [-0.2, 0) is 12.8 Å². The van der Waals surface area contributed by atoms with Crippen molar-refractivity contribution in [2.75, 3.05) is 0 Å². The quantitative estimate of drug-likeness (QED) is 0.707. The molecule has 0 atom stereocenters. The van der Waals surface area contributed by atoms with E-state index in [2.05, 4.69) is 13.0 Å². The molecule has 0 spiro atoms. The van der Waals surface area contributed by atoms with Crippen LogP contribution in [0.1, 0.15) is 31.4 Å². The van der Waals surface area contributed by atoms with E-state index in [1.807, 2.05) is 37.3 Å². The van der Waals surface area contributed by atoms with Crippen LogP contribution in [-0.4, -0.2) is 0 Å². The zero-order chi connectivity index (χ0) is 13.0. The van der Waals surface area contributed by atoms with E-state index in [1.54, 1.807) is 6.07 Å². The highest BCUT2D eigenvalue weighted by Gasteiger charge is 2.09. The molecule has 0 N–H and O–H groups in total. The van der Waals surface area contributed by atoms with Crippen molar-refractivity contribution in [1.29, 1.82) is 0 Å². The van der Waals surface area contributed by atoms with Gasteiger partial charge in [0, 0.05) is 0 Å². The fourth-order valence-electron chi connectivity index (χ4n) is 2.38. The van der Waals surface area contributed by atoms with Crippen molar-refractivity contribution in [1.82, 2.24) is 0 Å². The van der Waals surface area contributed by atoms with E-state index in [9.17, 15) is 4.39 Å². The summed E-state index contributed by atoms with van der Waals surface area (Å²) in [5.74, 6) is -0.0673. The average molecular weight is 242 g/mol. The second-order valence-electron chi connectivity index (χ2n) is 4.57. The third-order valence-corrected chi connectivity index (χ3v) is 3.27. The minimum Gasteiger partial charge on any atom is -0.207 e. The Morgan fingerprint density at radius 3 is 2.28 bits per heavy atom.